The minimum Gasteiger partial charge on any atom is -0.383 e. The summed E-state index contributed by atoms with van der Waals surface area (Å²) in [6.07, 6.45) is 6.21. The van der Waals surface area contributed by atoms with Crippen LogP contribution >= 0.6 is 0 Å². The average Bonchev–Trinajstić information content (AvgIpc) is 2.41. The molecule has 6 nitrogen and oxygen atoms in total. The molecule has 0 aliphatic carbocycles. The summed E-state index contributed by atoms with van der Waals surface area (Å²) in [5, 5.41) is 2.66. The van der Waals surface area contributed by atoms with Gasteiger partial charge in [-0.25, -0.2) is 4.79 Å². The van der Waals surface area contributed by atoms with E-state index in [1.165, 1.54) is 0 Å². The minimum absolute atomic E-state index is 0.143. The molecule has 1 heterocycles. The highest BCUT2D eigenvalue weighted by atomic mass is 16.1. The summed E-state index contributed by atoms with van der Waals surface area (Å²) in [4.78, 5) is 25.8. The molecule has 1 unspecified atom stereocenters. The van der Waals surface area contributed by atoms with Crippen LogP contribution in [0.2, 0.25) is 0 Å². The van der Waals surface area contributed by atoms with Crippen molar-refractivity contribution in [1.82, 2.24) is 14.9 Å². The number of hydrogen-bond acceptors (Lipinski definition) is 4. The first-order valence-electron chi connectivity index (χ1n) is 7.10. The number of nitrogens with one attached hydrogen (secondary N) is 1. The lowest BCUT2D eigenvalue weighted by molar-refractivity contribution is -0.109. The van der Waals surface area contributed by atoms with E-state index in [1.807, 2.05) is 0 Å². The third kappa shape index (κ3) is 5.03. The highest BCUT2D eigenvalue weighted by Crippen LogP contribution is 2.22. The molecule has 112 valence electrons. The maximum atomic E-state index is 11.8. The van der Waals surface area contributed by atoms with Crippen molar-refractivity contribution in [3.63, 3.8) is 0 Å². The van der Waals surface area contributed by atoms with E-state index in [2.05, 4.69) is 24.1 Å². The van der Waals surface area contributed by atoms with Gasteiger partial charge in [-0.05, 0) is 37.7 Å². The Morgan fingerprint density at radius 2 is 2.30 bits per heavy atom. The lowest BCUT2D eigenvalue weighted by Gasteiger charge is -2.21. The predicted molar refractivity (Wildman–Crippen MR) is 79.3 cm³/mol. The molecule has 1 aromatic heterocycles. The van der Waals surface area contributed by atoms with Crippen LogP contribution in [0.1, 0.15) is 45.6 Å². The van der Waals surface area contributed by atoms with Gasteiger partial charge in [0.1, 0.15) is 5.82 Å². The van der Waals surface area contributed by atoms with Crippen molar-refractivity contribution >= 4 is 12.2 Å². The van der Waals surface area contributed by atoms with E-state index in [1.54, 1.807) is 16.8 Å². The van der Waals surface area contributed by atoms with E-state index in [0.29, 0.717) is 12.5 Å². The summed E-state index contributed by atoms with van der Waals surface area (Å²) in [7, 11) is 0. The second kappa shape index (κ2) is 8.35. The second-order valence-electron chi connectivity index (χ2n) is 5.16. The van der Waals surface area contributed by atoms with Gasteiger partial charge in [-0.3, -0.25) is 9.36 Å². The van der Waals surface area contributed by atoms with Crippen LogP contribution in [0.4, 0.5) is 5.82 Å². The Morgan fingerprint density at radius 1 is 1.55 bits per heavy atom. The van der Waals surface area contributed by atoms with Crippen LogP contribution < -0.4 is 16.7 Å². The summed E-state index contributed by atoms with van der Waals surface area (Å²) in [5.41, 5.74) is 5.22. The molecule has 0 spiro atoms. The molecule has 1 aromatic rings. The van der Waals surface area contributed by atoms with Crippen molar-refractivity contribution in [1.29, 1.82) is 0 Å². The lowest BCUT2D eigenvalue weighted by Crippen LogP contribution is -2.28. The molecular formula is C14H24N4O2. The number of carbonyl (C=O) groups excluding carboxylic acids is 1. The van der Waals surface area contributed by atoms with E-state index in [4.69, 9.17) is 5.73 Å². The Hall–Kier alpha value is -1.85. The molecule has 20 heavy (non-hydrogen) atoms. The fourth-order valence-corrected chi connectivity index (χ4v) is 2.37. The highest BCUT2D eigenvalue weighted by molar-refractivity contribution is 5.45. The Bertz CT molecular complexity index is 472. The molecule has 0 fully saturated rings. The van der Waals surface area contributed by atoms with Gasteiger partial charge in [0, 0.05) is 18.8 Å². The minimum atomic E-state index is -0.285. The molecule has 0 saturated heterocycles. The number of anilines is 1. The summed E-state index contributed by atoms with van der Waals surface area (Å²) < 4.78 is 1.66. The van der Waals surface area contributed by atoms with E-state index >= 15 is 0 Å². The molecule has 0 bridgehead atoms. The van der Waals surface area contributed by atoms with Crippen LogP contribution in [-0.2, 0) is 4.79 Å². The SMILES string of the molecule is CC[C@H](CC(C)CCCNC=O)n1ccc(N)nc1=O. The molecule has 0 aromatic carbocycles. The molecule has 1 amide bonds. The maximum absolute atomic E-state index is 11.8. The van der Waals surface area contributed by atoms with E-state index in [-0.39, 0.29) is 17.5 Å². The van der Waals surface area contributed by atoms with Crippen LogP contribution in [0.15, 0.2) is 17.1 Å². The van der Waals surface area contributed by atoms with Crippen molar-refractivity contribution in [2.75, 3.05) is 12.3 Å². The van der Waals surface area contributed by atoms with Crippen molar-refractivity contribution in [3.8, 4) is 0 Å². The molecule has 2 atom stereocenters. The number of rotatable bonds is 9. The number of hydrogen-bond donors (Lipinski definition) is 2. The van der Waals surface area contributed by atoms with E-state index in [0.717, 1.165) is 32.1 Å². The fourth-order valence-electron chi connectivity index (χ4n) is 2.37. The monoisotopic (exact) mass is 280 g/mol. The van der Waals surface area contributed by atoms with Gasteiger partial charge in [-0.1, -0.05) is 13.8 Å². The molecule has 6 heteroatoms. The van der Waals surface area contributed by atoms with Gasteiger partial charge in [0.25, 0.3) is 0 Å². The molecule has 1 rings (SSSR count). The normalized spacial score (nSPS) is 13.7. The molecule has 3 N–H and O–H groups in total. The van der Waals surface area contributed by atoms with Crippen LogP contribution in [-0.4, -0.2) is 22.5 Å². The van der Waals surface area contributed by atoms with Crippen LogP contribution in [0, 0.1) is 5.92 Å². The summed E-state index contributed by atoms with van der Waals surface area (Å²) in [6.45, 7) is 4.93. The number of nitrogens with two attached hydrogens (primary N) is 1. The van der Waals surface area contributed by atoms with E-state index < -0.39 is 0 Å². The van der Waals surface area contributed by atoms with Gasteiger partial charge in [-0.15, -0.1) is 0 Å². The molecule has 0 radical (unpaired) electrons. The zero-order chi connectivity index (χ0) is 15.0. The largest absolute Gasteiger partial charge is 0.383 e. The second-order valence-corrected chi connectivity index (χ2v) is 5.16. The van der Waals surface area contributed by atoms with Gasteiger partial charge in [0.05, 0.1) is 0 Å². The molecule has 0 saturated carbocycles. The summed E-state index contributed by atoms with van der Waals surface area (Å²) >= 11 is 0. The molecule has 0 aliphatic rings. The first-order valence-corrected chi connectivity index (χ1v) is 7.10. The summed E-state index contributed by atoms with van der Waals surface area (Å²) in [5.74, 6) is 0.743. The van der Waals surface area contributed by atoms with Crippen molar-refractivity contribution in [2.45, 2.75) is 45.6 Å². The molecular weight excluding hydrogens is 256 g/mol. The first-order chi connectivity index (χ1) is 9.58. The smallest absolute Gasteiger partial charge is 0.349 e. The third-order valence-corrected chi connectivity index (χ3v) is 3.49. The Morgan fingerprint density at radius 3 is 2.90 bits per heavy atom. The number of amides is 1. The predicted octanol–water partition coefficient (Wildman–Crippen LogP) is 1.33. The zero-order valence-electron chi connectivity index (χ0n) is 12.2. The number of nitrogen functional groups attached to an aromatic ring is 1. The van der Waals surface area contributed by atoms with Crippen LogP contribution in [0.5, 0.6) is 0 Å². The number of carbonyl (C=O) groups is 1. The maximum Gasteiger partial charge on any atom is 0.349 e. The Balaban J connectivity index is 2.58. The first kappa shape index (κ1) is 16.2. The quantitative estimate of drug-likeness (QED) is 0.527. The standard InChI is InChI=1S/C14H24N4O2/c1-3-12(9-11(2)5-4-7-16-10-19)18-8-6-13(15)17-14(18)20/h6,8,10-12H,3-5,7,9H2,1-2H3,(H,16,19)(H2,15,17,20)/t11?,12-/m1/s1. The van der Waals surface area contributed by atoms with Gasteiger partial charge in [-0.2, -0.15) is 4.98 Å². The number of aromatic nitrogens is 2. The zero-order valence-corrected chi connectivity index (χ0v) is 12.2. The Labute approximate surface area is 119 Å². The van der Waals surface area contributed by atoms with Gasteiger partial charge < -0.3 is 11.1 Å². The van der Waals surface area contributed by atoms with Crippen molar-refractivity contribution < 1.29 is 4.79 Å². The van der Waals surface area contributed by atoms with Crippen LogP contribution in [0.3, 0.4) is 0 Å². The summed E-state index contributed by atoms with van der Waals surface area (Å²) in [6, 6.07) is 1.80. The lowest BCUT2D eigenvalue weighted by atomic mass is 9.95. The third-order valence-electron chi connectivity index (χ3n) is 3.49. The molecule has 0 aliphatic heterocycles. The Kier molecular flexibility index (Phi) is 6.76. The van der Waals surface area contributed by atoms with Crippen molar-refractivity contribution in [3.05, 3.63) is 22.7 Å². The van der Waals surface area contributed by atoms with Crippen LogP contribution in [0.25, 0.3) is 0 Å². The number of nitrogens with zero attached hydrogens (tertiary/aromatic N) is 2. The van der Waals surface area contributed by atoms with E-state index in [9.17, 15) is 9.59 Å². The highest BCUT2D eigenvalue weighted by Gasteiger charge is 2.15. The fraction of sp³-hybridized carbons (Fsp3) is 0.643. The van der Waals surface area contributed by atoms with Gasteiger partial charge in [0.2, 0.25) is 6.41 Å². The average molecular weight is 280 g/mol. The van der Waals surface area contributed by atoms with Gasteiger partial charge >= 0.3 is 5.69 Å². The van der Waals surface area contributed by atoms with Crippen molar-refractivity contribution in [2.24, 2.45) is 5.92 Å². The topological polar surface area (TPSA) is 90.0 Å². The van der Waals surface area contributed by atoms with Gasteiger partial charge in [0.15, 0.2) is 0 Å².